The van der Waals surface area contributed by atoms with Crippen molar-refractivity contribution in [3.63, 3.8) is 0 Å². The topological polar surface area (TPSA) is 106 Å². The van der Waals surface area contributed by atoms with Crippen LogP contribution in [0.25, 0.3) is 0 Å². The van der Waals surface area contributed by atoms with Crippen LogP contribution in [-0.2, 0) is 4.74 Å². The zero-order valence-corrected chi connectivity index (χ0v) is 11.9. The standard InChI is InChI=1S/C15H15N3O5/c1-7-11(19)12(20)14(22-7)18-6-10-13(17-15(18)21)16-8-4-2-3-5-9(8)23-10/h2-7,11-12,14,19-20H,1H3,(H,16,17,21)/t7-,11?,12+,14-/m1/s1/i1D. The van der Waals surface area contributed by atoms with Gasteiger partial charge in [-0.05, 0) is 19.0 Å². The number of ether oxygens (including phenoxy) is 2. The van der Waals surface area contributed by atoms with Crippen molar-refractivity contribution in [3.8, 4) is 11.5 Å². The van der Waals surface area contributed by atoms with E-state index in [9.17, 15) is 15.0 Å². The van der Waals surface area contributed by atoms with Crippen molar-refractivity contribution < 1.29 is 21.1 Å². The molecule has 2 aliphatic heterocycles. The molecule has 23 heavy (non-hydrogen) atoms. The van der Waals surface area contributed by atoms with Gasteiger partial charge in [0.25, 0.3) is 0 Å². The number of aliphatic hydroxyl groups excluding tert-OH is 2. The Hall–Kier alpha value is -2.42. The predicted molar refractivity (Wildman–Crippen MR) is 79.9 cm³/mol. The number of benzene rings is 1. The van der Waals surface area contributed by atoms with Crippen molar-refractivity contribution in [1.29, 1.82) is 0 Å². The van der Waals surface area contributed by atoms with E-state index in [2.05, 4.69) is 10.3 Å². The van der Waals surface area contributed by atoms with Crippen LogP contribution in [0.5, 0.6) is 11.5 Å². The Bertz CT molecular complexity index is 842. The third-order valence-electron chi connectivity index (χ3n) is 3.89. The number of aliphatic hydroxyl groups is 2. The summed E-state index contributed by atoms with van der Waals surface area (Å²) < 4.78 is 19.5. The van der Waals surface area contributed by atoms with Crippen molar-refractivity contribution in [2.75, 3.05) is 5.32 Å². The summed E-state index contributed by atoms with van der Waals surface area (Å²) in [5, 5.41) is 23.0. The molecule has 0 bridgehead atoms. The molecular weight excluding hydrogens is 302 g/mol. The van der Waals surface area contributed by atoms with Crippen LogP contribution in [0.4, 0.5) is 11.5 Å². The first kappa shape index (κ1) is 13.1. The number of aromatic nitrogens is 2. The Labute approximate surface area is 132 Å². The van der Waals surface area contributed by atoms with Gasteiger partial charge >= 0.3 is 5.69 Å². The number of anilines is 2. The number of rotatable bonds is 1. The molecule has 4 atom stereocenters. The molecule has 0 saturated carbocycles. The molecule has 3 heterocycles. The zero-order valence-electron chi connectivity index (χ0n) is 12.9. The molecule has 8 nitrogen and oxygen atoms in total. The summed E-state index contributed by atoms with van der Waals surface area (Å²) >= 11 is 0. The number of hydrogen-bond acceptors (Lipinski definition) is 7. The average molecular weight is 318 g/mol. The lowest BCUT2D eigenvalue weighted by atomic mass is 10.1. The third-order valence-corrected chi connectivity index (χ3v) is 3.89. The van der Waals surface area contributed by atoms with Gasteiger partial charge in [-0.25, -0.2) is 4.79 Å². The van der Waals surface area contributed by atoms with Gasteiger partial charge < -0.3 is 25.0 Å². The molecule has 1 unspecified atom stereocenters. The normalized spacial score (nSPS) is 29.0. The molecule has 1 aromatic heterocycles. The van der Waals surface area contributed by atoms with Gasteiger partial charge in [-0.2, -0.15) is 4.98 Å². The van der Waals surface area contributed by atoms with E-state index >= 15 is 0 Å². The van der Waals surface area contributed by atoms with Crippen LogP contribution in [0, 0.1) is 0 Å². The highest BCUT2D eigenvalue weighted by Gasteiger charge is 2.42. The molecule has 120 valence electrons. The Balaban J connectivity index is 1.72. The fourth-order valence-corrected chi connectivity index (χ4v) is 2.66. The Kier molecular flexibility index (Phi) is 2.87. The van der Waals surface area contributed by atoms with Gasteiger partial charge in [0.2, 0.25) is 0 Å². The number of nitrogens with zero attached hydrogens (tertiary/aromatic N) is 2. The van der Waals surface area contributed by atoms with Crippen molar-refractivity contribution >= 4 is 11.5 Å². The maximum Gasteiger partial charge on any atom is 0.351 e. The Morgan fingerprint density at radius 3 is 2.91 bits per heavy atom. The van der Waals surface area contributed by atoms with E-state index in [0.29, 0.717) is 17.2 Å². The molecule has 8 heteroatoms. The highest BCUT2D eigenvalue weighted by molar-refractivity contribution is 5.72. The van der Waals surface area contributed by atoms with Crippen LogP contribution >= 0.6 is 0 Å². The van der Waals surface area contributed by atoms with Gasteiger partial charge in [0.1, 0.15) is 12.2 Å². The third kappa shape index (κ3) is 2.19. The predicted octanol–water partition coefficient (Wildman–Crippen LogP) is 0.732. The van der Waals surface area contributed by atoms with Crippen LogP contribution < -0.4 is 15.7 Å². The lowest BCUT2D eigenvalue weighted by molar-refractivity contribution is -0.0352. The van der Waals surface area contributed by atoms with Gasteiger partial charge in [-0.1, -0.05) is 12.1 Å². The van der Waals surface area contributed by atoms with E-state index in [-0.39, 0.29) is 12.7 Å². The van der Waals surface area contributed by atoms with Crippen molar-refractivity contribution in [1.82, 2.24) is 9.55 Å². The quantitative estimate of drug-likeness (QED) is 0.607. The minimum Gasteiger partial charge on any atom is -0.450 e. The van der Waals surface area contributed by atoms with E-state index in [1.54, 1.807) is 12.1 Å². The molecule has 0 aliphatic carbocycles. The summed E-state index contributed by atoms with van der Waals surface area (Å²) in [5.41, 5.74) is 0.0302. The summed E-state index contributed by atoms with van der Waals surface area (Å²) in [4.78, 5) is 16.2. The maximum absolute atomic E-state index is 12.3. The number of hydrogen-bond donors (Lipinski definition) is 3. The van der Waals surface area contributed by atoms with Crippen LogP contribution in [0.2, 0.25) is 0 Å². The SMILES string of the molecule is [2H]C[C@H]1O[C@@H](n2cc3c(nc2=O)Nc2ccccc2O3)[C@@H](O)C1O. The summed E-state index contributed by atoms with van der Waals surface area (Å²) in [6.07, 6.45) is -3.19. The van der Waals surface area contributed by atoms with Gasteiger partial charge in [0, 0.05) is 1.37 Å². The zero-order chi connectivity index (χ0) is 16.8. The molecule has 1 saturated heterocycles. The first-order chi connectivity index (χ1) is 11.6. The summed E-state index contributed by atoms with van der Waals surface area (Å²) in [6, 6.07) is 7.20. The van der Waals surface area contributed by atoms with Crippen LogP contribution in [0.3, 0.4) is 0 Å². The van der Waals surface area contributed by atoms with E-state index in [1.165, 1.54) is 6.20 Å². The second-order valence-corrected chi connectivity index (χ2v) is 5.41. The molecule has 0 radical (unpaired) electrons. The lowest BCUT2D eigenvalue weighted by Gasteiger charge is -2.23. The van der Waals surface area contributed by atoms with E-state index in [1.807, 2.05) is 12.1 Å². The van der Waals surface area contributed by atoms with Gasteiger partial charge in [0.15, 0.2) is 23.5 Å². The number of fused-ring (bicyclic) bond motifs is 2. The van der Waals surface area contributed by atoms with Gasteiger partial charge in [-0.3, -0.25) is 4.57 Å². The minimum atomic E-state index is -1.33. The fourth-order valence-electron chi connectivity index (χ4n) is 2.66. The highest BCUT2D eigenvalue weighted by Crippen LogP contribution is 2.40. The van der Waals surface area contributed by atoms with Crippen molar-refractivity contribution in [2.24, 2.45) is 0 Å². The van der Waals surface area contributed by atoms with Crippen LogP contribution in [0.1, 0.15) is 14.5 Å². The maximum atomic E-state index is 12.3. The second-order valence-electron chi connectivity index (χ2n) is 5.41. The molecule has 1 fully saturated rings. The first-order valence-corrected chi connectivity index (χ1v) is 7.06. The van der Waals surface area contributed by atoms with Gasteiger partial charge in [0.05, 0.1) is 18.0 Å². The summed E-state index contributed by atoms with van der Waals surface area (Å²) in [5.74, 6) is 1.14. The van der Waals surface area contributed by atoms with E-state index < -0.39 is 30.2 Å². The molecule has 0 amide bonds. The Morgan fingerprint density at radius 1 is 1.30 bits per heavy atom. The van der Waals surface area contributed by atoms with Gasteiger partial charge in [-0.15, -0.1) is 0 Å². The summed E-state index contributed by atoms with van der Waals surface area (Å²) in [6.45, 7) is -0.229. The molecule has 1 aromatic carbocycles. The molecule has 2 aliphatic rings. The first-order valence-electron chi connectivity index (χ1n) is 7.77. The van der Waals surface area contributed by atoms with E-state index in [4.69, 9.17) is 10.8 Å². The smallest absolute Gasteiger partial charge is 0.351 e. The molecule has 2 aromatic rings. The molecule has 4 rings (SSSR count). The van der Waals surface area contributed by atoms with Crippen LogP contribution in [-0.4, -0.2) is 38.1 Å². The molecular formula is C15H15N3O5. The van der Waals surface area contributed by atoms with Crippen LogP contribution in [0.15, 0.2) is 35.3 Å². The average Bonchev–Trinajstić information content (AvgIpc) is 2.87. The highest BCUT2D eigenvalue weighted by atomic mass is 16.6. The number of nitrogens with one attached hydrogen (secondary N) is 1. The molecule has 0 spiro atoms. The largest absolute Gasteiger partial charge is 0.450 e. The minimum absolute atomic E-state index is 0.229. The lowest BCUT2D eigenvalue weighted by Crippen LogP contribution is -2.35. The number of para-hydroxylation sites is 2. The fraction of sp³-hybridized carbons (Fsp3) is 0.333. The van der Waals surface area contributed by atoms with Crippen molar-refractivity contribution in [3.05, 3.63) is 40.9 Å². The second kappa shape index (κ2) is 5.05. The summed E-state index contributed by atoms with van der Waals surface area (Å²) in [7, 11) is 0. The monoisotopic (exact) mass is 318 g/mol. The van der Waals surface area contributed by atoms with E-state index in [0.717, 1.165) is 4.57 Å². The van der Waals surface area contributed by atoms with Crippen molar-refractivity contribution in [2.45, 2.75) is 31.4 Å². The Morgan fingerprint density at radius 2 is 2.13 bits per heavy atom. The molecule has 3 N–H and O–H groups in total.